The maximum absolute atomic E-state index is 12.5. The van der Waals surface area contributed by atoms with E-state index in [0.29, 0.717) is 11.6 Å². The zero-order chi connectivity index (χ0) is 19.2. The molecule has 8 heteroatoms. The molecule has 0 spiro atoms. The Morgan fingerprint density at radius 1 is 1.22 bits per heavy atom. The second-order valence-corrected chi connectivity index (χ2v) is 8.92. The summed E-state index contributed by atoms with van der Waals surface area (Å²) in [5.41, 5.74) is 2.86. The Kier molecular flexibility index (Phi) is 6.71. The van der Waals surface area contributed by atoms with Crippen molar-refractivity contribution >= 4 is 51.4 Å². The van der Waals surface area contributed by atoms with Crippen molar-refractivity contribution in [2.45, 2.75) is 30.0 Å². The van der Waals surface area contributed by atoms with E-state index in [2.05, 4.69) is 20.8 Å². The van der Waals surface area contributed by atoms with Gasteiger partial charge in [0.05, 0.1) is 5.25 Å². The van der Waals surface area contributed by atoms with E-state index in [0.717, 1.165) is 20.7 Å². The van der Waals surface area contributed by atoms with E-state index in [1.165, 1.54) is 28.7 Å². The predicted molar refractivity (Wildman–Crippen MR) is 114 cm³/mol. The molecule has 1 aromatic heterocycles. The number of aryl methyl sites for hydroxylation is 1. The first kappa shape index (κ1) is 19.7. The number of aromatic nitrogens is 2. The first-order valence-corrected chi connectivity index (χ1v) is 10.4. The summed E-state index contributed by atoms with van der Waals surface area (Å²) in [4.78, 5) is 12.5. The van der Waals surface area contributed by atoms with Gasteiger partial charge in [-0.2, -0.15) is 0 Å². The van der Waals surface area contributed by atoms with Gasteiger partial charge in [0.1, 0.15) is 0 Å². The van der Waals surface area contributed by atoms with Crippen molar-refractivity contribution in [1.29, 1.82) is 0 Å². The number of nitrogens with zero attached hydrogens (tertiary/aromatic N) is 2. The number of benzene rings is 2. The van der Waals surface area contributed by atoms with E-state index >= 15 is 0 Å². The van der Waals surface area contributed by atoms with Crippen LogP contribution in [-0.4, -0.2) is 21.4 Å². The van der Waals surface area contributed by atoms with Crippen molar-refractivity contribution in [1.82, 2.24) is 10.2 Å². The van der Waals surface area contributed by atoms with Crippen molar-refractivity contribution < 1.29 is 4.79 Å². The van der Waals surface area contributed by atoms with Gasteiger partial charge >= 0.3 is 0 Å². The first-order chi connectivity index (χ1) is 13.0. The van der Waals surface area contributed by atoms with Gasteiger partial charge in [-0.25, -0.2) is 0 Å². The Labute approximate surface area is 171 Å². The van der Waals surface area contributed by atoms with Gasteiger partial charge in [0.2, 0.25) is 11.0 Å². The van der Waals surface area contributed by atoms with Crippen molar-refractivity contribution in [3.8, 4) is 0 Å². The molecule has 2 N–H and O–H groups in total. The fourth-order valence-corrected chi connectivity index (χ4v) is 4.33. The van der Waals surface area contributed by atoms with Crippen molar-refractivity contribution in [3.05, 3.63) is 64.7 Å². The van der Waals surface area contributed by atoms with Crippen LogP contribution in [0.15, 0.2) is 52.9 Å². The van der Waals surface area contributed by atoms with Crippen LogP contribution >= 0.6 is 34.7 Å². The molecule has 3 aromatic rings. The summed E-state index contributed by atoms with van der Waals surface area (Å²) >= 11 is 8.83. The molecule has 0 aliphatic rings. The summed E-state index contributed by atoms with van der Waals surface area (Å²) in [5, 5.41) is 15.5. The molecule has 3 rings (SSSR count). The third kappa shape index (κ3) is 5.69. The third-order valence-electron chi connectivity index (χ3n) is 3.80. The van der Waals surface area contributed by atoms with E-state index in [1.54, 1.807) is 12.1 Å². The zero-order valence-electron chi connectivity index (χ0n) is 14.9. The first-order valence-electron chi connectivity index (χ1n) is 8.36. The normalized spacial score (nSPS) is 11.8. The minimum Gasteiger partial charge on any atom is -0.356 e. The summed E-state index contributed by atoms with van der Waals surface area (Å²) in [6.45, 7) is 4.46. The van der Waals surface area contributed by atoms with Crippen molar-refractivity contribution in [3.63, 3.8) is 0 Å². The lowest BCUT2D eigenvalue weighted by Gasteiger charge is -2.12. The van der Waals surface area contributed by atoms with Crippen LogP contribution in [0.4, 0.5) is 10.8 Å². The second-order valence-electron chi connectivity index (χ2n) is 5.92. The third-order valence-corrected chi connectivity index (χ3v) is 6.10. The summed E-state index contributed by atoms with van der Waals surface area (Å²) in [6.07, 6.45) is 0. The average Bonchev–Trinajstić information content (AvgIpc) is 3.11. The van der Waals surface area contributed by atoms with Gasteiger partial charge in [-0.1, -0.05) is 71.1 Å². The number of anilines is 2. The standard InChI is InChI=1S/C19H19ClN4OS2/c1-12-8-9-15(20)10-16(12)22-17(25)13(2)26-19-24-23-18(27-19)21-11-14-6-4-3-5-7-14/h3-10,13H,11H2,1-2H3,(H,21,23)(H,22,25). The molecule has 1 atom stereocenters. The Morgan fingerprint density at radius 2 is 2.00 bits per heavy atom. The molecule has 0 bridgehead atoms. The summed E-state index contributed by atoms with van der Waals surface area (Å²) in [5.74, 6) is -0.0978. The summed E-state index contributed by atoms with van der Waals surface area (Å²) in [6, 6.07) is 15.5. The fourth-order valence-electron chi connectivity index (χ4n) is 2.27. The molecule has 5 nitrogen and oxygen atoms in total. The molecule has 0 fully saturated rings. The van der Waals surface area contributed by atoms with Gasteiger partial charge < -0.3 is 10.6 Å². The highest BCUT2D eigenvalue weighted by atomic mass is 35.5. The number of rotatable bonds is 7. The SMILES string of the molecule is Cc1ccc(Cl)cc1NC(=O)C(C)Sc1nnc(NCc2ccccc2)s1. The smallest absolute Gasteiger partial charge is 0.237 e. The van der Waals surface area contributed by atoms with Gasteiger partial charge in [-0.05, 0) is 37.1 Å². The molecule has 1 unspecified atom stereocenters. The molecular weight excluding hydrogens is 400 g/mol. The topological polar surface area (TPSA) is 66.9 Å². The lowest BCUT2D eigenvalue weighted by atomic mass is 10.2. The molecule has 27 heavy (non-hydrogen) atoms. The van der Waals surface area contributed by atoms with Crippen LogP contribution in [-0.2, 0) is 11.3 Å². The molecule has 1 heterocycles. The van der Waals surface area contributed by atoms with Gasteiger partial charge in [0.25, 0.3) is 0 Å². The van der Waals surface area contributed by atoms with Crippen LogP contribution in [0.1, 0.15) is 18.1 Å². The minimum absolute atomic E-state index is 0.0978. The molecule has 0 aliphatic carbocycles. The van der Waals surface area contributed by atoms with E-state index in [1.807, 2.05) is 50.2 Å². The second kappa shape index (κ2) is 9.21. The van der Waals surface area contributed by atoms with Gasteiger partial charge in [-0.15, -0.1) is 10.2 Å². The van der Waals surface area contributed by atoms with Crippen LogP contribution in [0, 0.1) is 6.92 Å². The molecular formula is C19H19ClN4OS2. The number of halogens is 1. The Hall–Kier alpha value is -2.09. The van der Waals surface area contributed by atoms with Crippen molar-refractivity contribution in [2.24, 2.45) is 0 Å². The maximum atomic E-state index is 12.5. The largest absolute Gasteiger partial charge is 0.356 e. The molecule has 0 radical (unpaired) electrons. The predicted octanol–water partition coefficient (Wildman–Crippen LogP) is 5.23. The lowest BCUT2D eigenvalue weighted by molar-refractivity contribution is -0.115. The number of nitrogens with one attached hydrogen (secondary N) is 2. The number of amides is 1. The highest BCUT2D eigenvalue weighted by Gasteiger charge is 2.18. The quantitative estimate of drug-likeness (QED) is 0.514. The molecule has 1 amide bonds. The number of carbonyl (C=O) groups excluding carboxylic acids is 1. The molecule has 140 valence electrons. The number of hydrogen-bond acceptors (Lipinski definition) is 6. The van der Waals surface area contributed by atoms with Gasteiger partial charge in [0.15, 0.2) is 4.34 Å². The zero-order valence-corrected chi connectivity index (χ0v) is 17.3. The minimum atomic E-state index is -0.307. The lowest BCUT2D eigenvalue weighted by Crippen LogP contribution is -2.22. The van der Waals surface area contributed by atoms with E-state index in [-0.39, 0.29) is 11.2 Å². The van der Waals surface area contributed by atoms with E-state index in [4.69, 9.17) is 11.6 Å². The van der Waals surface area contributed by atoms with Crippen LogP contribution in [0.2, 0.25) is 5.02 Å². The fraction of sp³-hybridized carbons (Fsp3) is 0.211. The molecule has 2 aromatic carbocycles. The van der Waals surface area contributed by atoms with Crippen LogP contribution in [0.5, 0.6) is 0 Å². The maximum Gasteiger partial charge on any atom is 0.237 e. The Balaban J connectivity index is 1.54. The highest BCUT2D eigenvalue weighted by Crippen LogP contribution is 2.30. The van der Waals surface area contributed by atoms with Gasteiger partial charge in [-0.3, -0.25) is 4.79 Å². The Morgan fingerprint density at radius 3 is 2.78 bits per heavy atom. The molecule has 0 aliphatic heterocycles. The van der Waals surface area contributed by atoms with Gasteiger partial charge in [0, 0.05) is 17.3 Å². The summed E-state index contributed by atoms with van der Waals surface area (Å²) < 4.78 is 0.746. The van der Waals surface area contributed by atoms with Crippen LogP contribution < -0.4 is 10.6 Å². The molecule has 0 saturated carbocycles. The molecule has 0 saturated heterocycles. The van der Waals surface area contributed by atoms with Crippen molar-refractivity contribution in [2.75, 3.05) is 10.6 Å². The highest BCUT2D eigenvalue weighted by molar-refractivity contribution is 8.02. The summed E-state index contributed by atoms with van der Waals surface area (Å²) in [7, 11) is 0. The van der Waals surface area contributed by atoms with E-state index in [9.17, 15) is 4.79 Å². The number of thioether (sulfide) groups is 1. The van der Waals surface area contributed by atoms with Crippen LogP contribution in [0.3, 0.4) is 0 Å². The average molecular weight is 419 g/mol. The van der Waals surface area contributed by atoms with E-state index < -0.39 is 0 Å². The number of hydrogen-bond donors (Lipinski definition) is 2. The monoisotopic (exact) mass is 418 g/mol. The van der Waals surface area contributed by atoms with Crippen LogP contribution in [0.25, 0.3) is 0 Å². The Bertz CT molecular complexity index is 917. The number of carbonyl (C=O) groups is 1.